The molecular weight excluding hydrogens is 507 g/mol. The molecule has 0 bridgehead atoms. The molecule has 3 heterocycles. The molecule has 4 rings (SSSR count). The van der Waals surface area contributed by atoms with E-state index in [1.165, 1.54) is 20.3 Å². The molecule has 1 aliphatic rings. The average molecular weight is 532 g/mol. The maximum atomic E-state index is 11.7. The summed E-state index contributed by atoms with van der Waals surface area (Å²) < 4.78 is 16.3. The summed E-state index contributed by atoms with van der Waals surface area (Å²) in [6, 6.07) is 2.78. The number of anilines is 1. The molecule has 1 amide bonds. The van der Waals surface area contributed by atoms with E-state index in [4.69, 9.17) is 42.4 Å². The number of carbonyl (C=O) groups excluding carboxylic acids is 1. The highest BCUT2D eigenvalue weighted by Crippen LogP contribution is 2.46. The van der Waals surface area contributed by atoms with Gasteiger partial charge >= 0.3 is 0 Å². The molecule has 1 aliphatic heterocycles. The van der Waals surface area contributed by atoms with E-state index >= 15 is 0 Å². The fourth-order valence-electron chi connectivity index (χ4n) is 3.82. The first kappa shape index (κ1) is 25.7. The lowest BCUT2D eigenvalue weighted by Gasteiger charge is -2.24. The lowest BCUT2D eigenvalue weighted by molar-refractivity contribution is -0.117. The summed E-state index contributed by atoms with van der Waals surface area (Å²) in [5, 5.41) is 12.0. The number of rotatable bonds is 9. The van der Waals surface area contributed by atoms with E-state index in [0.717, 1.165) is 0 Å². The maximum Gasteiger partial charge on any atom is 0.243 e. The number of methoxy groups -OCH3 is 2. The molecule has 190 valence electrons. The van der Waals surface area contributed by atoms with Crippen LogP contribution in [0.1, 0.15) is 6.92 Å². The molecule has 2 aromatic heterocycles. The minimum absolute atomic E-state index is 0.253. The number of fused-ring (bicyclic) bond motifs is 1. The number of hydrogen-bond donors (Lipinski definition) is 2. The molecule has 12 heteroatoms. The molecule has 2 atom stereocenters. The van der Waals surface area contributed by atoms with Crippen LogP contribution in [0.15, 0.2) is 31.0 Å². The molecule has 1 aromatic carbocycles. The number of nitrogens with zero attached hydrogens (tertiary/aromatic N) is 4. The SMILES string of the molecule is C=CC(=O)NC1COCC1[N-]c1ncc2cc(-c3c(Cl)c(OC)cc(OC)c3Cl)nc(NCC)c2n1. The Morgan fingerprint density at radius 3 is 2.58 bits per heavy atom. The molecular formula is C24H25Cl2N6O4-. The van der Waals surface area contributed by atoms with Gasteiger partial charge in [0.2, 0.25) is 5.91 Å². The van der Waals surface area contributed by atoms with Crippen molar-refractivity contribution in [2.75, 3.05) is 39.3 Å². The zero-order valence-corrected chi connectivity index (χ0v) is 21.5. The minimum atomic E-state index is -0.331. The topological polar surface area (TPSA) is 122 Å². The highest BCUT2D eigenvalue weighted by molar-refractivity contribution is 6.41. The largest absolute Gasteiger partial charge is 0.495 e. The van der Waals surface area contributed by atoms with E-state index in [1.807, 2.05) is 6.92 Å². The third-order valence-corrected chi connectivity index (χ3v) is 6.32. The lowest BCUT2D eigenvalue weighted by Crippen LogP contribution is -2.41. The predicted molar refractivity (Wildman–Crippen MR) is 140 cm³/mol. The van der Waals surface area contributed by atoms with Gasteiger partial charge < -0.3 is 40.1 Å². The van der Waals surface area contributed by atoms with Crippen molar-refractivity contribution >= 4 is 51.8 Å². The highest BCUT2D eigenvalue weighted by Gasteiger charge is 2.27. The van der Waals surface area contributed by atoms with Gasteiger partial charge in [0.1, 0.15) is 17.3 Å². The summed E-state index contributed by atoms with van der Waals surface area (Å²) in [5.41, 5.74) is 1.53. The van der Waals surface area contributed by atoms with Crippen LogP contribution in [-0.4, -0.2) is 66.9 Å². The van der Waals surface area contributed by atoms with Crippen LogP contribution in [0.5, 0.6) is 11.5 Å². The van der Waals surface area contributed by atoms with Crippen molar-refractivity contribution in [2.45, 2.75) is 19.0 Å². The predicted octanol–water partition coefficient (Wildman–Crippen LogP) is 4.52. The van der Waals surface area contributed by atoms with Gasteiger partial charge in [0, 0.05) is 35.7 Å². The standard InChI is InChI=1S/C24H26Cl2N6O4/c1-5-18(33)29-14-10-36-11-15(14)31-24-28-9-12-7-13(30-23(27-6-2)22(12)32-24)19-20(25)16(34-3)8-17(35-4)21(19)26/h5,7-9,14-15H,1,6,10-11H2,2-4H3,(H3,27,28,29,30,31,32,33)/p-1. The van der Waals surface area contributed by atoms with Crippen LogP contribution in [0, 0.1) is 0 Å². The van der Waals surface area contributed by atoms with Crippen molar-refractivity contribution in [3.63, 3.8) is 0 Å². The molecule has 3 aromatic rings. The van der Waals surface area contributed by atoms with E-state index in [9.17, 15) is 4.79 Å². The zero-order valence-electron chi connectivity index (χ0n) is 20.0. The summed E-state index contributed by atoms with van der Waals surface area (Å²) in [4.78, 5) is 25.5. The van der Waals surface area contributed by atoms with E-state index in [1.54, 1.807) is 18.3 Å². The maximum absolute atomic E-state index is 11.7. The number of hydrogen-bond acceptors (Lipinski definition) is 8. The Balaban J connectivity index is 1.75. The van der Waals surface area contributed by atoms with Gasteiger partial charge in [-0.1, -0.05) is 29.8 Å². The third-order valence-electron chi connectivity index (χ3n) is 5.57. The summed E-state index contributed by atoms with van der Waals surface area (Å²) in [6.45, 7) is 6.71. The van der Waals surface area contributed by atoms with Crippen LogP contribution in [0.25, 0.3) is 27.5 Å². The zero-order chi connectivity index (χ0) is 25.8. The van der Waals surface area contributed by atoms with Crippen LogP contribution >= 0.6 is 23.2 Å². The number of benzene rings is 1. The van der Waals surface area contributed by atoms with Crippen molar-refractivity contribution in [3.05, 3.63) is 46.3 Å². The summed E-state index contributed by atoms with van der Waals surface area (Å²) in [5.74, 6) is 1.28. The molecule has 0 radical (unpaired) electrons. The number of carbonyl (C=O) groups is 1. The molecule has 36 heavy (non-hydrogen) atoms. The Labute approximate surface area is 218 Å². The van der Waals surface area contributed by atoms with E-state index in [0.29, 0.717) is 69.3 Å². The molecule has 1 fully saturated rings. The van der Waals surface area contributed by atoms with Gasteiger partial charge in [-0.05, 0) is 30.6 Å². The van der Waals surface area contributed by atoms with Gasteiger partial charge in [0.25, 0.3) is 0 Å². The van der Waals surface area contributed by atoms with Crippen LogP contribution < -0.4 is 20.1 Å². The van der Waals surface area contributed by atoms with Crippen molar-refractivity contribution < 1.29 is 19.0 Å². The molecule has 0 saturated carbocycles. The molecule has 0 spiro atoms. The second-order valence-corrected chi connectivity index (χ2v) is 8.59. The summed E-state index contributed by atoms with van der Waals surface area (Å²) >= 11 is 13.2. The number of amides is 1. The van der Waals surface area contributed by atoms with E-state index < -0.39 is 0 Å². The van der Waals surface area contributed by atoms with Crippen molar-refractivity contribution in [2.24, 2.45) is 0 Å². The number of ether oxygens (including phenoxy) is 3. The van der Waals surface area contributed by atoms with Gasteiger partial charge in [0.05, 0.1) is 49.2 Å². The Bertz CT molecular complexity index is 1280. The number of nitrogens with one attached hydrogen (secondary N) is 2. The van der Waals surface area contributed by atoms with Gasteiger partial charge in [-0.15, -0.1) is 0 Å². The minimum Gasteiger partial charge on any atom is -0.495 e. The Morgan fingerprint density at radius 2 is 1.94 bits per heavy atom. The quantitative estimate of drug-likeness (QED) is 0.386. The molecule has 2 N–H and O–H groups in total. The van der Waals surface area contributed by atoms with E-state index in [2.05, 4.69) is 32.5 Å². The number of aromatic nitrogens is 3. The Morgan fingerprint density at radius 1 is 1.22 bits per heavy atom. The van der Waals surface area contributed by atoms with Crippen LogP contribution in [0.3, 0.4) is 0 Å². The van der Waals surface area contributed by atoms with Gasteiger partial charge in [-0.3, -0.25) is 4.79 Å². The smallest absolute Gasteiger partial charge is 0.243 e. The average Bonchev–Trinajstić information content (AvgIpc) is 3.30. The summed E-state index contributed by atoms with van der Waals surface area (Å²) in [7, 11) is 3.02. The van der Waals surface area contributed by atoms with Gasteiger partial charge in [-0.25, -0.2) is 4.98 Å². The first-order chi connectivity index (χ1) is 17.4. The number of pyridine rings is 1. The van der Waals surface area contributed by atoms with Crippen LogP contribution in [0.4, 0.5) is 11.8 Å². The van der Waals surface area contributed by atoms with Crippen molar-refractivity contribution in [1.82, 2.24) is 20.3 Å². The fraction of sp³-hybridized carbons (Fsp3) is 0.333. The molecule has 10 nitrogen and oxygen atoms in total. The Kier molecular flexibility index (Phi) is 7.97. The second-order valence-electron chi connectivity index (χ2n) is 7.83. The third kappa shape index (κ3) is 5.11. The monoisotopic (exact) mass is 531 g/mol. The lowest BCUT2D eigenvalue weighted by atomic mass is 10.1. The normalized spacial score (nSPS) is 17.0. The Hall–Kier alpha value is -3.34. The molecule has 0 aliphatic carbocycles. The van der Waals surface area contributed by atoms with Crippen molar-refractivity contribution in [3.8, 4) is 22.8 Å². The highest BCUT2D eigenvalue weighted by atomic mass is 35.5. The fourth-order valence-corrected chi connectivity index (χ4v) is 4.51. The van der Waals surface area contributed by atoms with Gasteiger partial charge in [0.15, 0.2) is 0 Å². The van der Waals surface area contributed by atoms with Crippen molar-refractivity contribution in [1.29, 1.82) is 0 Å². The second kappa shape index (κ2) is 11.2. The van der Waals surface area contributed by atoms with Gasteiger partial charge in [-0.2, -0.15) is 0 Å². The molecule has 2 unspecified atom stereocenters. The first-order valence-corrected chi connectivity index (χ1v) is 11.9. The first-order valence-electron chi connectivity index (χ1n) is 11.1. The number of halogens is 2. The molecule has 1 saturated heterocycles. The van der Waals surface area contributed by atoms with Crippen LogP contribution in [-0.2, 0) is 9.53 Å². The van der Waals surface area contributed by atoms with E-state index in [-0.39, 0.29) is 23.9 Å². The van der Waals surface area contributed by atoms with Crippen LogP contribution in [0.2, 0.25) is 10.0 Å². The summed E-state index contributed by atoms with van der Waals surface area (Å²) in [6.07, 6.45) is 2.86.